The molecule has 1 atom stereocenters. The van der Waals surface area contributed by atoms with Crippen LogP contribution in [0.5, 0.6) is 5.75 Å². The van der Waals surface area contributed by atoms with Gasteiger partial charge in [-0.25, -0.2) is 4.79 Å². The molecule has 0 bridgehead atoms. The van der Waals surface area contributed by atoms with E-state index >= 15 is 0 Å². The zero-order valence-corrected chi connectivity index (χ0v) is 18.3. The van der Waals surface area contributed by atoms with Crippen molar-refractivity contribution in [3.05, 3.63) is 23.2 Å². The number of urea groups is 1. The zero-order chi connectivity index (χ0) is 21.1. The van der Waals surface area contributed by atoms with Gasteiger partial charge in [0.05, 0.1) is 17.2 Å². The van der Waals surface area contributed by atoms with Crippen LogP contribution in [0.25, 0.3) is 0 Å². The number of anilines is 1. The number of benzene rings is 1. The molecule has 7 nitrogen and oxygen atoms in total. The summed E-state index contributed by atoms with van der Waals surface area (Å²) in [6, 6.07) is 5.45. The van der Waals surface area contributed by atoms with Gasteiger partial charge >= 0.3 is 6.03 Å². The van der Waals surface area contributed by atoms with Gasteiger partial charge in [-0.3, -0.25) is 9.69 Å². The van der Waals surface area contributed by atoms with Crippen LogP contribution in [0.1, 0.15) is 45.4 Å². The minimum absolute atomic E-state index is 0.0879. The van der Waals surface area contributed by atoms with Crippen molar-refractivity contribution in [1.82, 2.24) is 15.1 Å². The number of hydrogen-bond donors (Lipinski definition) is 2. The van der Waals surface area contributed by atoms with Crippen LogP contribution in [0.3, 0.4) is 0 Å². The van der Waals surface area contributed by atoms with Crippen LogP contribution in [0, 0.1) is 0 Å². The van der Waals surface area contributed by atoms with Gasteiger partial charge in [0.1, 0.15) is 5.75 Å². The predicted octanol–water partition coefficient (Wildman–Crippen LogP) is 3.48. The van der Waals surface area contributed by atoms with E-state index in [0.717, 1.165) is 25.7 Å². The van der Waals surface area contributed by atoms with Crippen LogP contribution in [0.2, 0.25) is 5.02 Å². The predicted molar refractivity (Wildman–Crippen MR) is 117 cm³/mol. The van der Waals surface area contributed by atoms with E-state index in [2.05, 4.69) is 15.5 Å². The third-order valence-electron chi connectivity index (χ3n) is 6.23. The van der Waals surface area contributed by atoms with Gasteiger partial charge in [-0.15, -0.1) is 0 Å². The van der Waals surface area contributed by atoms with Crippen LogP contribution in [-0.2, 0) is 4.79 Å². The number of amides is 3. The first-order chi connectivity index (χ1) is 14.5. The molecule has 1 saturated heterocycles. The van der Waals surface area contributed by atoms with E-state index in [1.807, 2.05) is 19.1 Å². The van der Waals surface area contributed by atoms with Gasteiger partial charge in [0.15, 0.2) is 0 Å². The smallest absolute Gasteiger partial charge is 0.321 e. The molecule has 0 radical (unpaired) electrons. The first-order valence-electron chi connectivity index (χ1n) is 11.1. The first-order valence-corrected chi connectivity index (χ1v) is 11.4. The molecule has 1 unspecified atom stereocenters. The largest absolute Gasteiger partial charge is 0.489 e. The lowest BCUT2D eigenvalue weighted by Gasteiger charge is -2.37. The monoisotopic (exact) mass is 434 g/mol. The van der Waals surface area contributed by atoms with E-state index in [1.165, 1.54) is 12.8 Å². The van der Waals surface area contributed by atoms with Gasteiger partial charge in [-0.1, -0.05) is 11.6 Å². The second-order valence-corrected chi connectivity index (χ2v) is 8.99. The Bertz CT molecular complexity index is 772. The van der Waals surface area contributed by atoms with E-state index < -0.39 is 0 Å². The maximum Gasteiger partial charge on any atom is 0.321 e. The Balaban J connectivity index is 1.25. The molecule has 164 valence electrons. The Morgan fingerprint density at radius 1 is 1.10 bits per heavy atom. The van der Waals surface area contributed by atoms with Gasteiger partial charge in [-0.05, 0) is 63.6 Å². The zero-order valence-electron chi connectivity index (χ0n) is 17.5. The van der Waals surface area contributed by atoms with E-state index in [1.54, 1.807) is 11.0 Å². The second-order valence-electron chi connectivity index (χ2n) is 8.58. The van der Waals surface area contributed by atoms with Gasteiger partial charge in [-0.2, -0.15) is 0 Å². The third kappa shape index (κ3) is 5.38. The van der Waals surface area contributed by atoms with Crippen LogP contribution in [0.15, 0.2) is 18.2 Å². The van der Waals surface area contributed by atoms with Gasteiger partial charge in [0.2, 0.25) is 5.91 Å². The minimum atomic E-state index is -0.165. The second kappa shape index (κ2) is 9.43. The summed E-state index contributed by atoms with van der Waals surface area (Å²) in [5.41, 5.74) is 0.656. The fourth-order valence-corrected chi connectivity index (χ4v) is 4.32. The van der Waals surface area contributed by atoms with E-state index in [4.69, 9.17) is 16.3 Å². The third-order valence-corrected chi connectivity index (χ3v) is 6.53. The van der Waals surface area contributed by atoms with Crippen molar-refractivity contribution in [3.8, 4) is 5.75 Å². The van der Waals surface area contributed by atoms with Crippen molar-refractivity contribution >= 4 is 29.2 Å². The number of rotatable bonds is 6. The number of hydrogen-bond acceptors (Lipinski definition) is 4. The van der Waals surface area contributed by atoms with Gasteiger partial charge in [0.25, 0.3) is 0 Å². The summed E-state index contributed by atoms with van der Waals surface area (Å²) in [6.45, 7) is 4.47. The van der Waals surface area contributed by atoms with Crippen molar-refractivity contribution in [2.45, 2.75) is 63.6 Å². The molecule has 1 aromatic carbocycles. The van der Waals surface area contributed by atoms with E-state index in [0.29, 0.717) is 48.7 Å². The van der Waals surface area contributed by atoms with Gasteiger partial charge < -0.3 is 20.3 Å². The molecule has 1 aliphatic heterocycles. The fourth-order valence-electron chi connectivity index (χ4n) is 4.09. The molecule has 2 N–H and O–H groups in total. The minimum Gasteiger partial charge on any atom is -0.489 e. The maximum atomic E-state index is 12.6. The Morgan fingerprint density at radius 3 is 2.43 bits per heavy atom. The highest BCUT2D eigenvalue weighted by atomic mass is 35.5. The molecule has 4 rings (SSSR count). The standard InChI is InChI=1S/C22H31ClN4O3/c1-15(21(28)24-16-6-7-16)26-10-12-27(13-11-26)22(29)25-17-8-9-20(19(23)14-17)30-18-4-2-3-5-18/h8-9,14-16,18H,2-7,10-13H2,1H3,(H,24,28)(H,25,29). The molecule has 0 spiro atoms. The maximum absolute atomic E-state index is 12.6. The highest BCUT2D eigenvalue weighted by molar-refractivity contribution is 6.32. The molecule has 8 heteroatoms. The molecule has 2 aliphatic carbocycles. The molecule has 3 amide bonds. The summed E-state index contributed by atoms with van der Waals surface area (Å²) in [7, 11) is 0. The van der Waals surface area contributed by atoms with E-state index in [9.17, 15) is 9.59 Å². The number of nitrogens with one attached hydrogen (secondary N) is 2. The Hall–Kier alpha value is -1.99. The number of carbonyl (C=O) groups excluding carboxylic acids is 2. The SMILES string of the molecule is CC(C(=O)NC1CC1)N1CCN(C(=O)Nc2ccc(OC3CCCC3)c(Cl)c2)CC1. The molecule has 1 aromatic rings. The van der Waals surface area contributed by atoms with Gasteiger partial charge in [0, 0.05) is 37.9 Å². The van der Waals surface area contributed by atoms with Crippen molar-refractivity contribution < 1.29 is 14.3 Å². The van der Waals surface area contributed by atoms with Crippen LogP contribution in [0.4, 0.5) is 10.5 Å². The Labute approximate surface area is 183 Å². The van der Waals surface area contributed by atoms with Crippen molar-refractivity contribution in [2.24, 2.45) is 0 Å². The van der Waals surface area contributed by atoms with Crippen molar-refractivity contribution in [2.75, 3.05) is 31.5 Å². The molecule has 2 saturated carbocycles. The number of piperazine rings is 1. The Morgan fingerprint density at radius 2 is 1.80 bits per heavy atom. The van der Waals surface area contributed by atoms with E-state index in [-0.39, 0.29) is 24.1 Å². The number of nitrogens with zero attached hydrogens (tertiary/aromatic N) is 2. The quantitative estimate of drug-likeness (QED) is 0.718. The molecule has 30 heavy (non-hydrogen) atoms. The number of carbonyl (C=O) groups is 2. The Kier molecular flexibility index (Phi) is 6.68. The summed E-state index contributed by atoms with van der Waals surface area (Å²) >= 11 is 6.37. The average molecular weight is 435 g/mol. The summed E-state index contributed by atoms with van der Waals surface area (Å²) in [5.74, 6) is 0.763. The molecular weight excluding hydrogens is 404 g/mol. The fraction of sp³-hybridized carbons (Fsp3) is 0.636. The van der Waals surface area contributed by atoms with Crippen molar-refractivity contribution in [3.63, 3.8) is 0 Å². The molecule has 1 heterocycles. The summed E-state index contributed by atoms with van der Waals surface area (Å²) in [5, 5.41) is 6.49. The normalized spacial score (nSPS) is 21.3. The lowest BCUT2D eigenvalue weighted by atomic mass is 10.2. The first kappa shape index (κ1) is 21.2. The highest BCUT2D eigenvalue weighted by Crippen LogP contribution is 2.32. The number of halogens is 1. The van der Waals surface area contributed by atoms with Crippen molar-refractivity contribution in [1.29, 1.82) is 0 Å². The van der Waals surface area contributed by atoms with Crippen LogP contribution < -0.4 is 15.4 Å². The average Bonchev–Trinajstić information content (AvgIpc) is 3.41. The van der Waals surface area contributed by atoms with Crippen LogP contribution >= 0.6 is 11.6 Å². The topological polar surface area (TPSA) is 73.9 Å². The lowest BCUT2D eigenvalue weighted by Crippen LogP contribution is -2.55. The molecular formula is C22H31ClN4O3. The molecule has 3 fully saturated rings. The summed E-state index contributed by atoms with van der Waals surface area (Å²) in [4.78, 5) is 28.8. The lowest BCUT2D eigenvalue weighted by molar-refractivity contribution is -0.126. The van der Waals surface area contributed by atoms with Crippen LogP contribution in [-0.4, -0.2) is 66.1 Å². The summed E-state index contributed by atoms with van der Waals surface area (Å²) in [6.07, 6.45) is 6.96. The molecule has 3 aliphatic rings. The number of ether oxygens (including phenoxy) is 1. The molecule has 0 aromatic heterocycles. The highest BCUT2D eigenvalue weighted by Gasteiger charge is 2.31. The summed E-state index contributed by atoms with van der Waals surface area (Å²) < 4.78 is 5.97.